The minimum absolute atomic E-state index is 0.0215. The van der Waals surface area contributed by atoms with Crippen molar-refractivity contribution in [1.29, 1.82) is 0 Å². The SMILES string of the molecule is CCC(C)NC(=O)C(C)N(Cc1cccc(Br)c1)C(=O)CCCN(c1ccc(F)cc1)S(C)(=O)=O. The third-order valence-corrected chi connectivity index (χ3v) is 7.36. The maximum absolute atomic E-state index is 13.3. The van der Waals surface area contributed by atoms with Crippen molar-refractivity contribution in [3.8, 4) is 0 Å². The average molecular weight is 571 g/mol. The van der Waals surface area contributed by atoms with Crippen molar-refractivity contribution >= 4 is 43.5 Å². The standard InChI is InChI=1S/C25H33BrFN3O4S/c1-5-18(2)28-25(32)19(3)29(17-20-8-6-9-21(26)16-20)24(31)10-7-15-30(35(4,33)34)23-13-11-22(27)12-14-23/h6,8-9,11-14,16,18-19H,5,7,10,15,17H2,1-4H3,(H,28,32). The van der Waals surface area contributed by atoms with Crippen molar-refractivity contribution in [2.24, 2.45) is 0 Å². The molecule has 2 rings (SSSR count). The molecule has 192 valence electrons. The minimum atomic E-state index is -3.63. The molecule has 0 aliphatic heterocycles. The first-order valence-electron chi connectivity index (χ1n) is 11.5. The van der Waals surface area contributed by atoms with Gasteiger partial charge in [-0.2, -0.15) is 0 Å². The average Bonchev–Trinajstić information content (AvgIpc) is 2.79. The summed E-state index contributed by atoms with van der Waals surface area (Å²) in [6.07, 6.45) is 2.11. The van der Waals surface area contributed by atoms with Crippen molar-refractivity contribution in [3.63, 3.8) is 0 Å². The summed E-state index contributed by atoms with van der Waals surface area (Å²) in [5.74, 6) is -0.971. The number of rotatable bonds is 12. The highest BCUT2D eigenvalue weighted by molar-refractivity contribution is 9.10. The van der Waals surface area contributed by atoms with Crippen molar-refractivity contribution in [2.75, 3.05) is 17.1 Å². The zero-order valence-corrected chi connectivity index (χ0v) is 22.9. The zero-order chi connectivity index (χ0) is 26.2. The van der Waals surface area contributed by atoms with Crippen LogP contribution in [0.3, 0.4) is 0 Å². The molecule has 2 amide bonds. The number of sulfonamides is 1. The molecule has 0 aliphatic rings. The smallest absolute Gasteiger partial charge is 0.242 e. The van der Waals surface area contributed by atoms with E-state index in [0.717, 1.165) is 27.0 Å². The number of amides is 2. The molecule has 7 nitrogen and oxygen atoms in total. The second-order valence-electron chi connectivity index (χ2n) is 8.56. The molecule has 1 N–H and O–H groups in total. The van der Waals surface area contributed by atoms with Gasteiger partial charge in [-0.15, -0.1) is 0 Å². The van der Waals surface area contributed by atoms with Gasteiger partial charge in [-0.3, -0.25) is 13.9 Å². The largest absolute Gasteiger partial charge is 0.352 e. The Labute approximate surface area is 215 Å². The fourth-order valence-corrected chi connectivity index (χ4v) is 4.90. The van der Waals surface area contributed by atoms with Crippen molar-refractivity contribution in [1.82, 2.24) is 10.2 Å². The Kier molecular flexibility index (Phi) is 10.7. The van der Waals surface area contributed by atoms with E-state index in [2.05, 4.69) is 21.2 Å². The van der Waals surface area contributed by atoms with E-state index in [0.29, 0.717) is 5.69 Å². The van der Waals surface area contributed by atoms with Crippen molar-refractivity contribution < 1.29 is 22.4 Å². The monoisotopic (exact) mass is 569 g/mol. The lowest BCUT2D eigenvalue weighted by atomic mass is 10.1. The molecule has 2 unspecified atom stereocenters. The van der Waals surface area contributed by atoms with Crippen LogP contribution in [-0.2, 0) is 26.2 Å². The summed E-state index contributed by atoms with van der Waals surface area (Å²) >= 11 is 3.43. The predicted octanol–water partition coefficient (Wildman–Crippen LogP) is 4.47. The van der Waals surface area contributed by atoms with Gasteiger partial charge in [0.2, 0.25) is 21.8 Å². The second-order valence-corrected chi connectivity index (χ2v) is 11.4. The zero-order valence-electron chi connectivity index (χ0n) is 20.5. The Hall–Kier alpha value is -2.46. The molecular weight excluding hydrogens is 537 g/mol. The Morgan fingerprint density at radius 2 is 1.77 bits per heavy atom. The van der Waals surface area contributed by atoms with Crippen LogP contribution in [-0.4, -0.2) is 50.0 Å². The summed E-state index contributed by atoms with van der Waals surface area (Å²) in [7, 11) is -3.63. The number of halogens is 2. The number of benzene rings is 2. The van der Waals surface area contributed by atoms with Gasteiger partial charge >= 0.3 is 0 Å². The van der Waals surface area contributed by atoms with E-state index in [4.69, 9.17) is 0 Å². The summed E-state index contributed by atoms with van der Waals surface area (Å²) in [6, 6.07) is 11.9. The first-order chi connectivity index (χ1) is 16.4. The van der Waals surface area contributed by atoms with Gasteiger partial charge in [0.25, 0.3) is 0 Å². The number of nitrogens with one attached hydrogen (secondary N) is 1. The van der Waals surface area contributed by atoms with Gasteiger partial charge in [-0.05, 0) is 68.7 Å². The molecule has 0 fully saturated rings. The maximum atomic E-state index is 13.3. The molecule has 0 heterocycles. The van der Waals surface area contributed by atoms with E-state index in [1.165, 1.54) is 29.2 Å². The summed E-state index contributed by atoms with van der Waals surface area (Å²) in [6.45, 7) is 5.85. The quantitative estimate of drug-likeness (QED) is 0.408. The summed E-state index contributed by atoms with van der Waals surface area (Å²) < 4.78 is 39.9. The van der Waals surface area contributed by atoms with Crippen LogP contribution < -0.4 is 9.62 Å². The van der Waals surface area contributed by atoms with E-state index in [1.54, 1.807) is 6.92 Å². The van der Waals surface area contributed by atoms with Gasteiger partial charge in [0.1, 0.15) is 11.9 Å². The maximum Gasteiger partial charge on any atom is 0.242 e. The molecule has 0 spiro atoms. The molecular formula is C25H33BrFN3O4S. The van der Waals surface area contributed by atoms with E-state index >= 15 is 0 Å². The molecule has 2 atom stereocenters. The van der Waals surface area contributed by atoms with Gasteiger partial charge in [-0.25, -0.2) is 12.8 Å². The van der Waals surface area contributed by atoms with Gasteiger partial charge in [0.15, 0.2) is 0 Å². The number of carbonyl (C=O) groups is 2. The van der Waals surface area contributed by atoms with Crippen LogP contribution in [0.15, 0.2) is 53.0 Å². The Balaban J connectivity index is 2.16. The highest BCUT2D eigenvalue weighted by Crippen LogP contribution is 2.20. The van der Waals surface area contributed by atoms with Crippen LogP contribution >= 0.6 is 15.9 Å². The van der Waals surface area contributed by atoms with Crippen molar-refractivity contribution in [2.45, 2.75) is 58.7 Å². The van der Waals surface area contributed by atoms with Gasteiger partial charge in [0.05, 0.1) is 11.9 Å². The van der Waals surface area contributed by atoms with E-state index in [-0.39, 0.29) is 43.8 Å². The minimum Gasteiger partial charge on any atom is -0.352 e. The number of hydrogen-bond acceptors (Lipinski definition) is 4. The third kappa shape index (κ3) is 8.92. The molecule has 0 bridgehead atoms. The lowest BCUT2D eigenvalue weighted by Crippen LogP contribution is -2.49. The topological polar surface area (TPSA) is 86.8 Å². The molecule has 0 aromatic heterocycles. The fraction of sp³-hybridized carbons (Fsp3) is 0.440. The van der Waals surface area contributed by atoms with Crippen LogP contribution in [0.5, 0.6) is 0 Å². The van der Waals surface area contributed by atoms with E-state index in [1.807, 2.05) is 38.1 Å². The Morgan fingerprint density at radius 1 is 1.11 bits per heavy atom. The molecule has 10 heteroatoms. The van der Waals surface area contributed by atoms with Gasteiger partial charge < -0.3 is 10.2 Å². The Morgan fingerprint density at radius 3 is 2.34 bits per heavy atom. The van der Waals surface area contributed by atoms with Gasteiger partial charge in [0, 0.05) is 30.0 Å². The molecule has 0 saturated carbocycles. The lowest BCUT2D eigenvalue weighted by Gasteiger charge is -2.30. The summed E-state index contributed by atoms with van der Waals surface area (Å²) in [5, 5.41) is 2.92. The normalized spacial score (nSPS) is 13.1. The molecule has 0 aliphatic carbocycles. The Bertz CT molecular complexity index is 1110. The molecule has 0 saturated heterocycles. The number of nitrogens with zero attached hydrogens (tertiary/aromatic N) is 2. The van der Waals surface area contributed by atoms with Crippen molar-refractivity contribution in [3.05, 3.63) is 64.4 Å². The molecule has 0 radical (unpaired) electrons. The van der Waals surface area contributed by atoms with Crippen LogP contribution in [0.25, 0.3) is 0 Å². The van der Waals surface area contributed by atoms with Gasteiger partial charge in [-0.1, -0.05) is 35.0 Å². The fourth-order valence-electron chi connectivity index (χ4n) is 3.49. The third-order valence-electron chi connectivity index (χ3n) is 5.68. The van der Waals surface area contributed by atoms with Crippen LogP contribution in [0.4, 0.5) is 10.1 Å². The highest BCUT2D eigenvalue weighted by atomic mass is 79.9. The first kappa shape index (κ1) is 28.8. The van der Waals surface area contributed by atoms with Crippen LogP contribution in [0.2, 0.25) is 0 Å². The highest BCUT2D eigenvalue weighted by Gasteiger charge is 2.27. The van der Waals surface area contributed by atoms with Crippen LogP contribution in [0.1, 0.15) is 45.6 Å². The number of hydrogen-bond donors (Lipinski definition) is 1. The van der Waals surface area contributed by atoms with Crippen LogP contribution in [0, 0.1) is 5.82 Å². The number of anilines is 1. The second kappa shape index (κ2) is 13.0. The molecule has 2 aromatic carbocycles. The lowest BCUT2D eigenvalue weighted by molar-refractivity contribution is -0.140. The van der Waals surface area contributed by atoms with E-state index < -0.39 is 21.9 Å². The summed E-state index contributed by atoms with van der Waals surface area (Å²) in [4.78, 5) is 27.6. The molecule has 2 aromatic rings. The first-order valence-corrected chi connectivity index (χ1v) is 14.1. The van der Waals surface area contributed by atoms with E-state index in [9.17, 15) is 22.4 Å². The number of carbonyl (C=O) groups excluding carboxylic acids is 2. The summed E-state index contributed by atoms with van der Waals surface area (Å²) in [5.41, 5.74) is 1.19. The molecule has 35 heavy (non-hydrogen) atoms. The predicted molar refractivity (Wildman–Crippen MR) is 140 cm³/mol.